The third-order valence-electron chi connectivity index (χ3n) is 2.77. The summed E-state index contributed by atoms with van der Waals surface area (Å²) >= 11 is 5.91. The zero-order valence-corrected chi connectivity index (χ0v) is 11.4. The highest BCUT2D eigenvalue weighted by atomic mass is 35.5. The van der Waals surface area contributed by atoms with Crippen molar-refractivity contribution in [2.75, 3.05) is 5.32 Å². The van der Waals surface area contributed by atoms with Gasteiger partial charge in [0, 0.05) is 5.69 Å². The molecule has 0 unspecified atom stereocenters. The number of carboxylic acid groups (broad SMARTS) is 1. The highest BCUT2D eigenvalue weighted by Gasteiger charge is 2.10. The Hall–Kier alpha value is -2.51. The standard InChI is InChI=1S/C15H11ClN2O2/c1-9-2-3-10(8-17)14(6-9)18-11-4-5-12(15(19)20)13(16)7-11/h2-7,18H,1H3,(H,19,20). The van der Waals surface area contributed by atoms with Crippen LogP contribution in [0.15, 0.2) is 36.4 Å². The van der Waals surface area contributed by atoms with Crippen LogP contribution in [0.3, 0.4) is 0 Å². The molecule has 0 saturated carbocycles. The van der Waals surface area contributed by atoms with Crippen molar-refractivity contribution in [3.8, 4) is 6.07 Å². The molecular weight excluding hydrogens is 276 g/mol. The van der Waals surface area contributed by atoms with Crippen LogP contribution in [-0.2, 0) is 0 Å². The van der Waals surface area contributed by atoms with Gasteiger partial charge in [-0.25, -0.2) is 4.79 Å². The molecule has 0 aromatic heterocycles. The van der Waals surface area contributed by atoms with Gasteiger partial charge in [0.15, 0.2) is 0 Å². The van der Waals surface area contributed by atoms with Gasteiger partial charge in [-0.05, 0) is 42.8 Å². The molecule has 0 aliphatic heterocycles. The maximum Gasteiger partial charge on any atom is 0.337 e. The summed E-state index contributed by atoms with van der Waals surface area (Å²) in [6.07, 6.45) is 0. The second-order valence-electron chi connectivity index (χ2n) is 4.29. The molecule has 100 valence electrons. The number of nitrogens with one attached hydrogen (secondary N) is 1. The summed E-state index contributed by atoms with van der Waals surface area (Å²) < 4.78 is 0. The van der Waals surface area contributed by atoms with Gasteiger partial charge < -0.3 is 10.4 Å². The Bertz CT molecular complexity index is 720. The number of hydrogen-bond acceptors (Lipinski definition) is 3. The molecule has 0 amide bonds. The number of anilines is 2. The molecule has 2 aromatic rings. The zero-order chi connectivity index (χ0) is 14.7. The van der Waals surface area contributed by atoms with Gasteiger partial charge in [-0.15, -0.1) is 0 Å². The topological polar surface area (TPSA) is 73.1 Å². The van der Waals surface area contributed by atoms with Gasteiger partial charge in [0.25, 0.3) is 0 Å². The molecule has 0 spiro atoms. The third kappa shape index (κ3) is 2.90. The lowest BCUT2D eigenvalue weighted by atomic mass is 10.1. The van der Waals surface area contributed by atoms with E-state index in [0.717, 1.165) is 5.56 Å². The molecule has 0 radical (unpaired) electrons. The van der Waals surface area contributed by atoms with Crippen molar-refractivity contribution in [3.63, 3.8) is 0 Å². The van der Waals surface area contributed by atoms with Crippen molar-refractivity contribution in [1.82, 2.24) is 0 Å². The van der Waals surface area contributed by atoms with E-state index in [0.29, 0.717) is 16.9 Å². The van der Waals surface area contributed by atoms with Crippen LogP contribution in [0.2, 0.25) is 5.02 Å². The Labute approximate surface area is 121 Å². The number of hydrogen-bond donors (Lipinski definition) is 2. The number of carboxylic acids is 1. The summed E-state index contributed by atoms with van der Waals surface area (Å²) in [5.41, 5.74) is 2.85. The number of halogens is 1. The fraction of sp³-hybridized carbons (Fsp3) is 0.0667. The fourth-order valence-electron chi connectivity index (χ4n) is 1.78. The van der Waals surface area contributed by atoms with Gasteiger partial charge in [-0.1, -0.05) is 17.7 Å². The second-order valence-corrected chi connectivity index (χ2v) is 4.69. The Balaban J connectivity index is 2.36. The van der Waals surface area contributed by atoms with E-state index in [9.17, 15) is 4.79 Å². The molecule has 0 atom stereocenters. The molecule has 0 fully saturated rings. The molecule has 4 nitrogen and oxygen atoms in total. The van der Waals surface area contributed by atoms with Crippen LogP contribution in [0.1, 0.15) is 21.5 Å². The highest BCUT2D eigenvalue weighted by molar-refractivity contribution is 6.33. The number of rotatable bonds is 3. The smallest absolute Gasteiger partial charge is 0.337 e. The van der Waals surface area contributed by atoms with Gasteiger partial charge in [0.2, 0.25) is 0 Å². The number of carbonyl (C=O) groups is 1. The summed E-state index contributed by atoms with van der Waals surface area (Å²) in [5.74, 6) is -1.07. The number of aromatic carboxylic acids is 1. The Morgan fingerprint density at radius 1 is 1.30 bits per heavy atom. The molecule has 2 N–H and O–H groups in total. The van der Waals surface area contributed by atoms with Crippen molar-refractivity contribution >= 4 is 28.9 Å². The van der Waals surface area contributed by atoms with E-state index in [-0.39, 0.29) is 10.6 Å². The largest absolute Gasteiger partial charge is 0.478 e. The van der Waals surface area contributed by atoms with Crippen molar-refractivity contribution in [1.29, 1.82) is 5.26 Å². The van der Waals surface area contributed by atoms with Gasteiger partial charge in [-0.3, -0.25) is 0 Å². The van der Waals surface area contributed by atoms with E-state index in [1.165, 1.54) is 12.1 Å². The fourth-order valence-corrected chi connectivity index (χ4v) is 2.04. The second kappa shape index (κ2) is 5.64. The molecule has 2 aromatic carbocycles. The van der Waals surface area contributed by atoms with Crippen LogP contribution >= 0.6 is 11.6 Å². The zero-order valence-electron chi connectivity index (χ0n) is 10.6. The van der Waals surface area contributed by atoms with Crippen LogP contribution < -0.4 is 5.32 Å². The predicted octanol–water partition coefficient (Wildman–Crippen LogP) is 3.96. The van der Waals surface area contributed by atoms with Crippen molar-refractivity contribution < 1.29 is 9.90 Å². The summed E-state index contributed by atoms with van der Waals surface area (Å²) in [7, 11) is 0. The summed E-state index contributed by atoms with van der Waals surface area (Å²) in [6.45, 7) is 1.92. The highest BCUT2D eigenvalue weighted by Crippen LogP contribution is 2.26. The lowest BCUT2D eigenvalue weighted by Crippen LogP contribution is -1.99. The summed E-state index contributed by atoms with van der Waals surface area (Å²) in [4.78, 5) is 10.9. The molecule has 0 aliphatic carbocycles. The van der Waals surface area contributed by atoms with E-state index in [4.69, 9.17) is 22.0 Å². The predicted molar refractivity (Wildman–Crippen MR) is 77.6 cm³/mol. The van der Waals surface area contributed by atoms with Gasteiger partial charge in [0.05, 0.1) is 21.8 Å². The third-order valence-corrected chi connectivity index (χ3v) is 3.09. The number of benzene rings is 2. The molecular formula is C15H11ClN2O2. The van der Waals surface area contributed by atoms with Crippen molar-refractivity contribution in [2.45, 2.75) is 6.92 Å². The lowest BCUT2D eigenvalue weighted by molar-refractivity contribution is 0.0697. The Morgan fingerprint density at radius 3 is 2.65 bits per heavy atom. The van der Waals surface area contributed by atoms with Crippen molar-refractivity contribution in [3.05, 3.63) is 58.1 Å². The molecule has 5 heteroatoms. The minimum Gasteiger partial charge on any atom is -0.478 e. The van der Waals surface area contributed by atoms with Crippen LogP contribution in [0, 0.1) is 18.3 Å². The first-order valence-corrected chi connectivity index (χ1v) is 6.19. The van der Waals surface area contributed by atoms with Gasteiger partial charge in [-0.2, -0.15) is 5.26 Å². The van der Waals surface area contributed by atoms with Crippen LogP contribution in [0.5, 0.6) is 0 Å². The molecule has 0 bridgehead atoms. The normalized spacial score (nSPS) is 9.85. The summed E-state index contributed by atoms with van der Waals surface area (Å²) in [5, 5.41) is 21.2. The van der Waals surface area contributed by atoms with E-state index in [2.05, 4.69) is 11.4 Å². The van der Waals surface area contributed by atoms with E-state index < -0.39 is 5.97 Å². The van der Waals surface area contributed by atoms with Crippen LogP contribution in [-0.4, -0.2) is 11.1 Å². The summed E-state index contributed by atoms with van der Waals surface area (Å²) in [6, 6.07) is 12.1. The number of nitriles is 1. The number of aryl methyl sites for hydroxylation is 1. The minimum atomic E-state index is -1.07. The number of nitrogens with zero attached hydrogens (tertiary/aromatic N) is 1. The van der Waals surface area contributed by atoms with E-state index in [1.807, 2.05) is 19.1 Å². The maximum atomic E-state index is 10.9. The van der Waals surface area contributed by atoms with Crippen LogP contribution in [0.4, 0.5) is 11.4 Å². The van der Waals surface area contributed by atoms with Gasteiger partial charge in [0.1, 0.15) is 6.07 Å². The first-order valence-electron chi connectivity index (χ1n) is 5.82. The average molecular weight is 287 g/mol. The van der Waals surface area contributed by atoms with Gasteiger partial charge >= 0.3 is 5.97 Å². The quantitative estimate of drug-likeness (QED) is 0.895. The molecule has 0 saturated heterocycles. The minimum absolute atomic E-state index is 0.0435. The van der Waals surface area contributed by atoms with E-state index in [1.54, 1.807) is 12.1 Å². The Morgan fingerprint density at radius 2 is 2.05 bits per heavy atom. The average Bonchev–Trinajstić information content (AvgIpc) is 2.38. The van der Waals surface area contributed by atoms with E-state index >= 15 is 0 Å². The first kappa shape index (κ1) is 13.9. The molecule has 2 rings (SSSR count). The first-order chi connectivity index (χ1) is 9.51. The van der Waals surface area contributed by atoms with Crippen molar-refractivity contribution in [2.24, 2.45) is 0 Å². The molecule has 0 aliphatic rings. The monoisotopic (exact) mass is 286 g/mol. The Kier molecular flexibility index (Phi) is 3.92. The van der Waals surface area contributed by atoms with Crippen LogP contribution in [0.25, 0.3) is 0 Å². The molecule has 0 heterocycles. The maximum absolute atomic E-state index is 10.9. The molecule has 20 heavy (non-hydrogen) atoms. The lowest BCUT2D eigenvalue weighted by Gasteiger charge is -2.10. The SMILES string of the molecule is Cc1ccc(C#N)c(Nc2ccc(C(=O)O)c(Cl)c2)c1.